The van der Waals surface area contributed by atoms with Crippen LogP contribution < -0.4 is 4.90 Å². The highest BCUT2D eigenvalue weighted by molar-refractivity contribution is 6.27. The van der Waals surface area contributed by atoms with E-state index in [0.29, 0.717) is 29.1 Å². The molecule has 1 N–H and O–H groups in total. The molecule has 0 unspecified atom stereocenters. The third kappa shape index (κ3) is 2.26. The summed E-state index contributed by atoms with van der Waals surface area (Å²) in [5, 5.41) is 20.4. The molecule has 5 heteroatoms. The van der Waals surface area contributed by atoms with E-state index < -0.39 is 5.60 Å². The second kappa shape index (κ2) is 5.27. The molecular formula is C20H17N3O2. The highest BCUT2D eigenvalue weighted by Gasteiger charge is 2.51. The lowest BCUT2D eigenvalue weighted by Gasteiger charge is -2.30. The Morgan fingerprint density at radius 3 is 2.80 bits per heavy atom. The minimum atomic E-state index is -1.30. The smallest absolute Gasteiger partial charge is 0.235 e. The number of fused-ring (bicyclic) bond motifs is 2. The van der Waals surface area contributed by atoms with Crippen LogP contribution >= 0.6 is 0 Å². The first-order valence-electron chi connectivity index (χ1n) is 8.17. The topological polar surface area (TPSA) is 76.7 Å². The van der Waals surface area contributed by atoms with Crippen molar-refractivity contribution < 1.29 is 9.90 Å². The van der Waals surface area contributed by atoms with Crippen LogP contribution in [0.2, 0.25) is 0 Å². The van der Waals surface area contributed by atoms with Crippen LogP contribution in [-0.4, -0.2) is 22.5 Å². The molecule has 0 aromatic heterocycles. The summed E-state index contributed by atoms with van der Waals surface area (Å²) in [6.07, 6.45) is 0.359. The van der Waals surface area contributed by atoms with E-state index in [-0.39, 0.29) is 12.3 Å². The van der Waals surface area contributed by atoms with Crippen LogP contribution in [0, 0.1) is 25.2 Å². The standard InChI is InChI=1S/C20H17N3O2/c1-12-6-7-16-15(8-12)9-20(25)10-18(24)23(19(20)22-16)17-5-3-4-14(11-21)13(17)2/h3-8,25H,9-10H2,1-2H3/t20-/m0/s1. The number of amides is 1. The van der Waals surface area contributed by atoms with Crippen molar-refractivity contribution in [3.05, 3.63) is 58.7 Å². The molecule has 5 nitrogen and oxygen atoms in total. The van der Waals surface area contributed by atoms with Gasteiger partial charge in [0.1, 0.15) is 11.4 Å². The van der Waals surface area contributed by atoms with Gasteiger partial charge in [-0.05, 0) is 43.2 Å². The third-order valence-corrected chi connectivity index (χ3v) is 4.93. The van der Waals surface area contributed by atoms with E-state index in [1.54, 1.807) is 25.1 Å². The Labute approximate surface area is 145 Å². The molecule has 1 amide bonds. The highest BCUT2D eigenvalue weighted by atomic mass is 16.3. The van der Waals surface area contributed by atoms with E-state index in [0.717, 1.165) is 16.8 Å². The molecule has 0 aliphatic carbocycles. The fourth-order valence-corrected chi connectivity index (χ4v) is 3.66. The van der Waals surface area contributed by atoms with Crippen molar-refractivity contribution in [1.82, 2.24) is 0 Å². The van der Waals surface area contributed by atoms with Crippen molar-refractivity contribution in [3.63, 3.8) is 0 Å². The van der Waals surface area contributed by atoms with Crippen molar-refractivity contribution >= 4 is 23.1 Å². The Morgan fingerprint density at radius 1 is 1.24 bits per heavy atom. The molecule has 2 aromatic rings. The lowest BCUT2D eigenvalue weighted by molar-refractivity contribution is -0.118. The molecular weight excluding hydrogens is 314 g/mol. The minimum absolute atomic E-state index is 0.00453. The van der Waals surface area contributed by atoms with E-state index in [9.17, 15) is 15.2 Å². The van der Waals surface area contributed by atoms with Crippen LogP contribution in [0.3, 0.4) is 0 Å². The molecule has 0 saturated carbocycles. The zero-order valence-corrected chi connectivity index (χ0v) is 14.1. The van der Waals surface area contributed by atoms with Crippen molar-refractivity contribution in [3.8, 4) is 6.07 Å². The van der Waals surface area contributed by atoms with Crippen molar-refractivity contribution in [2.75, 3.05) is 4.90 Å². The Hall–Kier alpha value is -2.97. The minimum Gasteiger partial charge on any atom is -0.381 e. The van der Waals surface area contributed by atoms with E-state index in [4.69, 9.17) is 0 Å². The molecule has 0 bridgehead atoms. The van der Waals surface area contributed by atoms with Crippen LogP contribution in [0.25, 0.3) is 0 Å². The fourth-order valence-electron chi connectivity index (χ4n) is 3.66. The van der Waals surface area contributed by atoms with Gasteiger partial charge in [0.15, 0.2) is 0 Å². The summed E-state index contributed by atoms with van der Waals surface area (Å²) in [6, 6.07) is 13.3. The Bertz CT molecular complexity index is 987. The monoisotopic (exact) mass is 331 g/mol. The zero-order valence-electron chi connectivity index (χ0n) is 14.1. The summed E-state index contributed by atoms with van der Waals surface area (Å²) in [6.45, 7) is 3.80. The zero-order chi connectivity index (χ0) is 17.8. The van der Waals surface area contributed by atoms with Crippen molar-refractivity contribution in [2.24, 2.45) is 4.99 Å². The Balaban J connectivity index is 1.90. The number of benzene rings is 2. The van der Waals surface area contributed by atoms with Gasteiger partial charge in [0.2, 0.25) is 5.91 Å². The number of hydrogen-bond acceptors (Lipinski definition) is 4. The predicted octanol–water partition coefficient (Wildman–Crippen LogP) is 2.93. The maximum absolute atomic E-state index is 12.7. The van der Waals surface area contributed by atoms with Gasteiger partial charge in [-0.25, -0.2) is 4.99 Å². The second-order valence-electron chi connectivity index (χ2n) is 6.74. The quantitative estimate of drug-likeness (QED) is 0.873. The number of aliphatic imine (C=N–C) groups is 1. The summed E-state index contributed by atoms with van der Waals surface area (Å²) < 4.78 is 0. The molecule has 0 radical (unpaired) electrons. The number of aryl methyl sites for hydroxylation is 1. The van der Waals surface area contributed by atoms with Gasteiger partial charge in [0.05, 0.1) is 29.4 Å². The third-order valence-electron chi connectivity index (χ3n) is 4.93. The summed E-state index contributed by atoms with van der Waals surface area (Å²) >= 11 is 0. The number of nitriles is 1. The number of anilines is 1. The molecule has 1 fully saturated rings. The van der Waals surface area contributed by atoms with Gasteiger partial charge in [-0.1, -0.05) is 23.8 Å². The molecule has 2 heterocycles. The largest absolute Gasteiger partial charge is 0.381 e. The predicted molar refractivity (Wildman–Crippen MR) is 94.9 cm³/mol. The molecule has 25 heavy (non-hydrogen) atoms. The summed E-state index contributed by atoms with van der Waals surface area (Å²) in [5.41, 5.74) is 3.34. The lowest BCUT2D eigenvalue weighted by atomic mass is 9.88. The normalized spacial score (nSPS) is 21.4. The van der Waals surface area contributed by atoms with E-state index >= 15 is 0 Å². The molecule has 0 spiro atoms. The van der Waals surface area contributed by atoms with Crippen LogP contribution in [-0.2, 0) is 11.2 Å². The highest BCUT2D eigenvalue weighted by Crippen LogP contribution is 2.41. The molecule has 2 aliphatic rings. The van der Waals surface area contributed by atoms with Crippen LogP contribution in [0.5, 0.6) is 0 Å². The van der Waals surface area contributed by atoms with Gasteiger partial charge in [0.25, 0.3) is 0 Å². The Kier molecular flexibility index (Phi) is 3.28. The van der Waals surface area contributed by atoms with Gasteiger partial charge in [-0.3, -0.25) is 9.69 Å². The van der Waals surface area contributed by atoms with E-state index in [1.165, 1.54) is 4.90 Å². The van der Waals surface area contributed by atoms with Crippen LogP contribution in [0.15, 0.2) is 41.4 Å². The molecule has 1 atom stereocenters. The summed E-state index contributed by atoms with van der Waals surface area (Å²) in [4.78, 5) is 18.8. The number of hydrogen-bond donors (Lipinski definition) is 1. The maximum atomic E-state index is 12.7. The number of rotatable bonds is 1. The summed E-state index contributed by atoms with van der Waals surface area (Å²) in [5.74, 6) is 0.149. The van der Waals surface area contributed by atoms with E-state index in [2.05, 4.69) is 11.1 Å². The van der Waals surface area contributed by atoms with Gasteiger partial charge >= 0.3 is 0 Å². The number of carbonyl (C=O) groups is 1. The van der Waals surface area contributed by atoms with Gasteiger partial charge in [0, 0.05) is 6.42 Å². The molecule has 124 valence electrons. The molecule has 2 aliphatic heterocycles. The number of carbonyl (C=O) groups excluding carboxylic acids is 1. The number of amidine groups is 1. The Morgan fingerprint density at radius 2 is 2.04 bits per heavy atom. The lowest BCUT2D eigenvalue weighted by Crippen LogP contribution is -2.44. The first kappa shape index (κ1) is 15.6. The van der Waals surface area contributed by atoms with Gasteiger partial charge in [-0.15, -0.1) is 0 Å². The SMILES string of the molecule is Cc1ccc2c(c1)C[C@]1(O)CC(=O)N(c3cccc(C#N)c3C)C1=N2. The fraction of sp³-hybridized carbons (Fsp3) is 0.250. The first-order valence-corrected chi connectivity index (χ1v) is 8.17. The average Bonchev–Trinajstić information content (AvgIpc) is 2.82. The van der Waals surface area contributed by atoms with Crippen molar-refractivity contribution in [1.29, 1.82) is 5.26 Å². The maximum Gasteiger partial charge on any atom is 0.235 e. The number of nitrogens with zero attached hydrogens (tertiary/aromatic N) is 3. The van der Waals surface area contributed by atoms with Gasteiger partial charge in [-0.2, -0.15) is 5.26 Å². The van der Waals surface area contributed by atoms with Crippen molar-refractivity contribution in [2.45, 2.75) is 32.3 Å². The number of aliphatic hydroxyl groups is 1. The molecule has 1 saturated heterocycles. The van der Waals surface area contributed by atoms with Gasteiger partial charge < -0.3 is 5.11 Å². The molecule has 2 aromatic carbocycles. The van der Waals surface area contributed by atoms with Crippen LogP contribution in [0.1, 0.15) is 28.7 Å². The summed E-state index contributed by atoms with van der Waals surface area (Å²) in [7, 11) is 0. The second-order valence-corrected chi connectivity index (χ2v) is 6.74. The van der Waals surface area contributed by atoms with E-state index in [1.807, 2.05) is 25.1 Å². The van der Waals surface area contributed by atoms with Crippen LogP contribution in [0.4, 0.5) is 11.4 Å². The molecule has 4 rings (SSSR count). The average molecular weight is 331 g/mol. The first-order chi connectivity index (χ1) is 11.9.